The first-order valence-electron chi connectivity index (χ1n) is 2.22. The number of rotatable bonds is 4. The normalized spacial score (nSPS) is 12.2. The Bertz CT molecular complexity index is 81.5. The summed E-state index contributed by atoms with van der Waals surface area (Å²) in [6.45, 7) is 0.269. The van der Waals surface area contributed by atoms with Gasteiger partial charge in [-0.3, -0.25) is 0 Å². The largest absolute Gasteiger partial charge is 1.00 e. The monoisotopic (exact) mass is 178 g/mol. The molecule has 6 heteroatoms. The number of hydrogen-bond donors (Lipinski definition) is 1. The van der Waals surface area contributed by atoms with E-state index in [1.165, 1.54) is 0 Å². The second-order valence-electron chi connectivity index (χ2n) is 1.18. The SMILES string of the molecule is O=[PH]([O-])OCCCS.[Na+]. The average Bonchev–Trinajstić information content (AvgIpc) is 1.66. The van der Waals surface area contributed by atoms with Crippen LogP contribution in [0.15, 0.2) is 0 Å². The Balaban J connectivity index is 0. The van der Waals surface area contributed by atoms with Gasteiger partial charge in [0.05, 0.1) is 6.61 Å². The van der Waals surface area contributed by atoms with Crippen molar-refractivity contribution >= 4 is 20.9 Å². The molecule has 0 bridgehead atoms. The van der Waals surface area contributed by atoms with Crippen molar-refractivity contribution in [3.63, 3.8) is 0 Å². The van der Waals surface area contributed by atoms with Crippen LogP contribution in [0.5, 0.6) is 0 Å². The van der Waals surface area contributed by atoms with Crippen molar-refractivity contribution in [2.75, 3.05) is 12.4 Å². The summed E-state index contributed by atoms with van der Waals surface area (Å²) < 4.78 is 13.9. The van der Waals surface area contributed by atoms with E-state index in [0.29, 0.717) is 12.2 Å². The summed E-state index contributed by atoms with van der Waals surface area (Å²) in [5.41, 5.74) is 0. The third kappa shape index (κ3) is 12.6. The van der Waals surface area contributed by atoms with Gasteiger partial charge in [0.2, 0.25) is 0 Å². The minimum atomic E-state index is -2.94. The smallest absolute Gasteiger partial charge is 0.781 e. The van der Waals surface area contributed by atoms with Gasteiger partial charge in [-0.2, -0.15) is 12.6 Å². The third-order valence-electron chi connectivity index (χ3n) is 0.522. The molecule has 0 fully saturated rings. The second-order valence-corrected chi connectivity index (χ2v) is 2.41. The van der Waals surface area contributed by atoms with Crippen molar-refractivity contribution in [1.82, 2.24) is 0 Å². The summed E-state index contributed by atoms with van der Waals surface area (Å²) in [7, 11) is -2.94. The van der Waals surface area contributed by atoms with Crippen molar-refractivity contribution in [2.24, 2.45) is 0 Å². The van der Waals surface area contributed by atoms with Crippen LogP contribution in [-0.2, 0) is 9.09 Å². The van der Waals surface area contributed by atoms with Crippen LogP contribution < -0.4 is 34.5 Å². The predicted molar refractivity (Wildman–Crippen MR) is 33.4 cm³/mol. The molecule has 0 rings (SSSR count). The number of hydrogen-bond acceptors (Lipinski definition) is 4. The summed E-state index contributed by atoms with van der Waals surface area (Å²) in [5.74, 6) is 0.662. The Morgan fingerprint density at radius 2 is 2.22 bits per heavy atom. The van der Waals surface area contributed by atoms with Crippen LogP contribution in [0.2, 0.25) is 0 Å². The molecule has 0 saturated carbocycles. The predicted octanol–water partition coefficient (Wildman–Crippen LogP) is -2.92. The Morgan fingerprint density at radius 3 is 2.56 bits per heavy atom. The molecule has 0 aromatic heterocycles. The third-order valence-corrected chi connectivity index (χ3v) is 1.28. The minimum absolute atomic E-state index is 0. The van der Waals surface area contributed by atoms with E-state index >= 15 is 0 Å². The molecule has 0 aliphatic carbocycles. The zero-order valence-electron chi connectivity index (χ0n) is 5.29. The van der Waals surface area contributed by atoms with Gasteiger partial charge in [0, 0.05) is 0 Å². The fourth-order valence-electron chi connectivity index (χ4n) is 0.220. The van der Waals surface area contributed by atoms with Gasteiger partial charge in [-0.1, -0.05) is 0 Å². The van der Waals surface area contributed by atoms with Gasteiger partial charge in [-0.25, -0.2) is 0 Å². The molecular formula is C3H8NaO3PS. The van der Waals surface area contributed by atoms with Gasteiger partial charge in [0.1, 0.15) is 8.25 Å². The molecule has 1 unspecified atom stereocenters. The van der Waals surface area contributed by atoms with Crippen LogP contribution in [0.4, 0.5) is 0 Å². The van der Waals surface area contributed by atoms with E-state index in [-0.39, 0.29) is 36.2 Å². The molecule has 0 N–H and O–H groups in total. The summed E-state index contributed by atoms with van der Waals surface area (Å²) >= 11 is 3.85. The van der Waals surface area contributed by atoms with Crippen LogP contribution >= 0.6 is 20.9 Å². The van der Waals surface area contributed by atoms with Gasteiger partial charge in [-0.05, 0) is 12.2 Å². The van der Waals surface area contributed by atoms with Gasteiger partial charge >= 0.3 is 29.6 Å². The molecule has 50 valence electrons. The quantitative estimate of drug-likeness (QED) is 0.217. The average molecular weight is 178 g/mol. The zero-order valence-corrected chi connectivity index (χ0v) is 9.19. The van der Waals surface area contributed by atoms with E-state index in [1.807, 2.05) is 0 Å². The molecule has 0 spiro atoms. The molecule has 0 aromatic carbocycles. The Kier molecular flexibility index (Phi) is 13.8. The van der Waals surface area contributed by atoms with Crippen LogP contribution in [0.25, 0.3) is 0 Å². The summed E-state index contributed by atoms with van der Waals surface area (Å²) in [6, 6.07) is 0. The Hall–Kier alpha value is 1.50. The molecule has 0 saturated heterocycles. The van der Waals surface area contributed by atoms with Crippen molar-refractivity contribution < 1.29 is 43.5 Å². The van der Waals surface area contributed by atoms with Gasteiger partial charge in [0.25, 0.3) is 0 Å². The molecule has 0 aliphatic heterocycles. The molecule has 0 radical (unpaired) electrons. The maximum absolute atomic E-state index is 9.70. The van der Waals surface area contributed by atoms with E-state index in [9.17, 15) is 9.46 Å². The second kappa shape index (κ2) is 9.50. The number of thiol groups is 1. The molecular weight excluding hydrogens is 170 g/mol. The zero-order chi connectivity index (χ0) is 6.41. The molecule has 0 heterocycles. The summed E-state index contributed by atoms with van der Waals surface area (Å²) in [6.07, 6.45) is 0.682. The van der Waals surface area contributed by atoms with E-state index < -0.39 is 8.25 Å². The van der Waals surface area contributed by atoms with Crippen LogP contribution in [0, 0.1) is 0 Å². The summed E-state index contributed by atoms with van der Waals surface area (Å²) in [4.78, 5) is 9.70. The van der Waals surface area contributed by atoms with Crippen LogP contribution in [-0.4, -0.2) is 12.4 Å². The molecule has 9 heavy (non-hydrogen) atoms. The van der Waals surface area contributed by atoms with Crippen LogP contribution in [0.1, 0.15) is 6.42 Å². The van der Waals surface area contributed by atoms with E-state index in [0.717, 1.165) is 0 Å². The first-order valence-corrected chi connectivity index (χ1v) is 4.07. The summed E-state index contributed by atoms with van der Waals surface area (Å²) in [5, 5.41) is 0. The Morgan fingerprint density at radius 1 is 1.67 bits per heavy atom. The first-order chi connectivity index (χ1) is 3.77. The van der Waals surface area contributed by atoms with Crippen molar-refractivity contribution in [2.45, 2.75) is 6.42 Å². The van der Waals surface area contributed by atoms with Gasteiger partial charge in [-0.15, -0.1) is 0 Å². The fourth-order valence-corrected chi connectivity index (χ4v) is 0.660. The van der Waals surface area contributed by atoms with Crippen molar-refractivity contribution in [3.8, 4) is 0 Å². The maximum Gasteiger partial charge on any atom is 1.00 e. The molecule has 0 aliphatic rings. The van der Waals surface area contributed by atoms with Crippen molar-refractivity contribution in [3.05, 3.63) is 0 Å². The van der Waals surface area contributed by atoms with E-state index in [2.05, 4.69) is 17.2 Å². The molecule has 0 amide bonds. The fraction of sp³-hybridized carbons (Fsp3) is 1.00. The Labute approximate surface area is 82.8 Å². The first kappa shape index (κ1) is 13.1. The molecule has 3 nitrogen and oxygen atoms in total. The standard InChI is InChI=1S/C3H9O3PS.Na/c4-7(5)6-2-1-3-8;/h7-8H,1-3H2,(H,4,5);/q;+1/p-1. The minimum Gasteiger partial charge on any atom is -0.781 e. The topological polar surface area (TPSA) is 49.4 Å². The van der Waals surface area contributed by atoms with Crippen LogP contribution in [0.3, 0.4) is 0 Å². The van der Waals surface area contributed by atoms with Crippen molar-refractivity contribution in [1.29, 1.82) is 0 Å². The maximum atomic E-state index is 9.70. The van der Waals surface area contributed by atoms with Gasteiger partial charge < -0.3 is 14.0 Å². The molecule has 0 aromatic rings. The van der Waals surface area contributed by atoms with Gasteiger partial charge in [0.15, 0.2) is 0 Å². The van der Waals surface area contributed by atoms with E-state index in [1.54, 1.807) is 0 Å². The van der Waals surface area contributed by atoms with E-state index in [4.69, 9.17) is 0 Å². The molecule has 1 atom stereocenters.